The van der Waals surface area contributed by atoms with Crippen LogP contribution in [0.2, 0.25) is 0 Å². The first-order valence-corrected chi connectivity index (χ1v) is 6.76. The van der Waals surface area contributed by atoms with E-state index >= 15 is 0 Å². The van der Waals surface area contributed by atoms with Crippen molar-refractivity contribution in [2.75, 3.05) is 12.8 Å². The van der Waals surface area contributed by atoms with Crippen LogP contribution in [0.1, 0.15) is 25.8 Å². The third-order valence-corrected chi connectivity index (χ3v) is 4.45. The molecule has 2 N–H and O–H groups in total. The predicted octanol–water partition coefficient (Wildman–Crippen LogP) is 2.32. The van der Waals surface area contributed by atoms with Gasteiger partial charge in [-0.3, -0.25) is 4.21 Å². The highest BCUT2D eigenvalue weighted by molar-refractivity contribution is 7.84. The van der Waals surface area contributed by atoms with E-state index in [1.54, 1.807) is 13.2 Å². The molecule has 2 atom stereocenters. The zero-order valence-corrected chi connectivity index (χ0v) is 10.8. The molecule has 16 heavy (non-hydrogen) atoms. The van der Waals surface area contributed by atoms with Gasteiger partial charge in [-0.2, -0.15) is 0 Å². The fraction of sp³-hybridized carbons (Fsp3) is 0.500. The highest BCUT2D eigenvalue weighted by Crippen LogP contribution is 2.23. The van der Waals surface area contributed by atoms with Gasteiger partial charge in [0.1, 0.15) is 5.75 Å². The van der Waals surface area contributed by atoms with Crippen molar-refractivity contribution < 1.29 is 8.95 Å². The number of anilines is 1. The molecule has 0 aliphatic carbocycles. The Hall–Kier alpha value is -1.03. The zero-order valence-electron chi connectivity index (χ0n) is 10.0. The van der Waals surface area contributed by atoms with Gasteiger partial charge in [-0.1, -0.05) is 13.8 Å². The fourth-order valence-electron chi connectivity index (χ4n) is 1.39. The van der Waals surface area contributed by atoms with E-state index in [-0.39, 0.29) is 5.25 Å². The van der Waals surface area contributed by atoms with E-state index in [0.29, 0.717) is 11.4 Å². The summed E-state index contributed by atoms with van der Waals surface area (Å²) in [5.41, 5.74) is 7.31. The van der Waals surface area contributed by atoms with E-state index in [9.17, 15) is 4.21 Å². The van der Waals surface area contributed by atoms with Crippen LogP contribution in [-0.4, -0.2) is 16.6 Å². The summed E-state index contributed by atoms with van der Waals surface area (Å²) < 4.78 is 17.2. The molecule has 0 amide bonds. The molecule has 1 aromatic rings. The highest BCUT2D eigenvalue weighted by atomic mass is 32.2. The molecule has 0 saturated heterocycles. The summed E-state index contributed by atoms with van der Waals surface area (Å²) in [5, 5.41) is 0.200. The zero-order chi connectivity index (χ0) is 12.1. The fourth-order valence-corrected chi connectivity index (χ4v) is 2.58. The lowest BCUT2D eigenvalue weighted by Crippen LogP contribution is -2.12. The van der Waals surface area contributed by atoms with Gasteiger partial charge in [0, 0.05) is 27.3 Å². The van der Waals surface area contributed by atoms with Gasteiger partial charge in [-0.15, -0.1) is 0 Å². The van der Waals surface area contributed by atoms with Crippen LogP contribution in [0.25, 0.3) is 0 Å². The third-order valence-electron chi connectivity index (χ3n) is 2.63. The van der Waals surface area contributed by atoms with Gasteiger partial charge in [0.15, 0.2) is 0 Å². The molecular weight excluding hydrogens is 222 g/mol. The van der Waals surface area contributed by atoms with Gasteiger partial charge >= 0.3 is 0 Å². The van der Waals surface area contributed by atoms with E-state index in [1.807, 2.05) is 26.0 Å². The second-order valence-electron chi connectivity index (χ2n) is 3.82. The Morgan fingerprint density at radius 2 is 2.19 bits per heavy atom. The largest absolute Gasteiger partial charge is 0.496 e. The Bertz CT molecular complexity index is 379. The summed E-state index contributed by atoms with van der Waals surface area (Å²) in [6, 6.07) is 5.44. The average Bonchev–Trinajstić information content (AvgIpc) is 2.28. The first kappa shape index (κ1) is 13.0. The van der Waals surface area contributed by atoms with Gasteiger partial charge in [0.25, 0.3) is 0 Å². The summed E-state index contributed by atoms with van der Waals surface area (Å²) in [5.74, 6) is 1.26. The SMILES string of the molecule is CCC(C)S(=O)Cc1cc(N)ccc1OC. The molecular formula is C12H19NO2S. The number of nitrogens with two attached hydrogens (primary N) is 1. The molecule has 0 saturated carbocycles. The standard InChI is InChI=1S/C12H19NO2S/c1-4-9(2)16(14)8-10-7-11(13)5-6-12(10)15-3/h5-7,9H,4,8,13H2,1-3H3. The van der Waals surface area contributed by atoms with Crippen molar-refractivity contribution in [2.24, 2.45) is 0 Å². The number of benzene rings is 1. The van der Waals surface area contributed by atoms with Crippen LogP contribution >= 0.6 is 0 Å². The molecule has 0 aliphatic rings. The number of hydrogen-bond acceptors (Lipinski definition) is 3. The first-order valence-electron chi connectivity index (χ1n) is 5.38. The van der Waals surface area contributed by atoms with Crippen molar-refractivity contribution in [1.29, 1.82) is 0 Å². The molecule has 1 aromatic carbocycles. The third kappa shape index (κ3) is 3.23. The summed E-state index contributed by atoms with van der Waals surface area (Å²) >= 11 is 0. The Balaban J connectivity index is 2.87. The van der Waals surface area contributed by atoms with Crippen LogP contribution in [0.5, 0.6) is 5.75 Å². The molecule has 0 aliphatic heterocycles. The second-order valence-corrected chi connectivity index (χ2v) is 5.67. The Labute approximate surface area is 99.4 Å². The molecule has 0 aromatic heterocycles. The predicted molar refractivity (Wildman–Crippen MR) is 69.0 cm³/mol. The van der Waals surface area contributed by atoms with Crippen LogP contribution in [0, 0.1) is 0 Å². The number of ether oxygens (including phenoxy) is 1. The van der Waals surface area contributed by atoms with Gasteiger partial charge in [-0.05, 0) is 24.6 Å². The van der Waals surface area contributed by atoms with Gasteiger partial charge in [0.05, 0.1) is 12.9 Å². The quantitative estimate of drug-likeness (QED) is 0.805. The molecule has 3 nitrogen and oxygen atoms in total. The van der Waals surface area contributed by atoms with Gasteiger partial charge < -0.3 is 10.5 Å². The lowest BCUT2D eigenvalue weighted by atomic mass is 10.2. The Morgan fingerprint density at radius 1 is 1.50 bits per heavy atom. The second kappa shape index (κ2) is 5.89. The van der Waals surface area contributed by atoms with Crippen LogP contribution in [0.15, 0.2) is 18.2 Å². The monoisotopic (exact) mass is 241 g/mol. The number of hydrogen-bond donors (Lipinski definition) is 1. The van der Waals surface area contributed by atoms with E-state index in [2.05, 4.69) is 0 Å². The molecule has 0 spiro atoms. The average molecular weight is 241 g/mol. The summed E-state index contributed by atoms with van der Waals surface area (Å²) in [6.07, 6.45) is 0.914. The molecule has 90 valence electrons. The minimum atomic E-state index is -0.871. The van der Waals surface area contributed by atoms with Gasteiger partial charge in [-0.25, -0.2) is 0 Å². The minimum absolute atomic E-state index is 0.200. The van der Waals surface area contributed by atoms with E-state index < -0.39 is 10.8 Å². The van der Waals surface area contributed by atoms with Crippen molar-refractivity contribution in [3.8, 4) is 5.75 Å². The van der Waals surface area contributed by atoms with Crippen LogP contribution in [0.4, 0.5) is 5.69 Å². The molecule has 0 radical (unpaired) electrons. The first-order chi connectivity index (χ1) is 7.58. The van der Waals surface area contributed by atoms with Crippen molar-refractivity contribution in [1.82, 2.24) is 0 Å². The maximum Gasteiger partial charge on any atom is 0.123 e. The lowest BCUT2D eigenvalue weighted by Gasteiger charge is -2.12. The smallest absolute Gasteiger partial charge is 0.123 e. The summed E-state index contributed by atoms with van der Waals surface area (Å²) in [7, 11) is 0.741. The van der Waals surface area contributed by atoms with Crippen molar-refractivity contribution >= 4 is 16.5 Å². The molecule has 2 unspecified atom stereocenters. The Kier molecular flexibility index (Phi) is 4.80. The number of nitrogen functional groups attached to an aromatic ring is 1. The number of methoxy groups -OCH3 is 1. The van der Waals surface area contributed by atoms with Crippen molar-refractivity contribution in [2.45, 2.75) is 31.3 Å². The minimum Gasteiger partial charge on any atom is -0.496 e. The van der Waals surface area contributed by atoms with Crippen LogP contribution in [-0.2, 0) is 16.6 Å². The summed E-state index contributed by atoms with van der Waals surface area (Å²) in [6.45, 7) is 4.04. The molecule has 1 rings (SSSR count). The van der Waals surface area contributed by atoms with Crippen LogP contribution < -0.4 is 10.5 Å². The molecule has 0 bridgehead atoms. The lowest BCUT2D eigenvalue weighted by molar-refractivity contribution is 0.411. The summed E-state index contributed by atoms with van der Waals surface area (Å²) in [4.78, 5) is 0. The molecule has 0 fully saturated rings. The maximum absolute atomic E-state index is 11.9. The number of rotatable bonds is 5. The van der Waals surface area contributed by atoms with Crippen molar-refractivity contribution in [3.05, 3.63) is 23.8 Å². The molecule has 0 heterocycles. The maximum atomic E-state index is 11.9. The van der Waals surface area contributed by atoms with Crippen molar-refractivity contribution in [3.63, 3.8) is 0 Å². The van der Waals surface area contributed by atoms with E-state index in [1.165, 1.54) is 0 Å². The van der Waals surface area contributed by atoms with E-state index in [0.717, 1.165) is 17.7 Å². The Morgan fingerprint density at radius 3 is 2.75 bits per heavy atom. The van der Waals surface area contributed by atoms with Crippen LogP contribution in [0.3, 0.4) is 0 Å². The highest BCUT2D eigenvalue weighted by Gasteiger charge is 2.12. The van der Waals surface area contributed by atoms with E-state index in [4.69, 9.17) is 10.5 Å². The topological polar surface area (TPSA) is 52.3 Å². The normalized spacial score (nSPS) is 14.4. The van der Waals surface area contributed by atoms with Gasteiger partial charge in [0.2, 0.25) is 0 Å². The molecule has 4 heteroatoms.